The molecule has 38 heavy (non-hydrogen) atoms. The van der Waals surface area contributed by atoms with Gasteiger partial charge in [-0.05, 0) is 22.8 Å². The normalized spacial score (nSPS) is 20.9. The molecule has 3 aromatic carbocycles. The molecule has 0 spiro atoms. The zero-order chi connectivity index (χ0) is 26.2. The monoisotopic (exact) mass is 529 g/mol. The molecule has 4 atom stereocenters. The number of benzene rings is 3. The average Bonchev–Trinajstić information content (AvgIpc) is 3.29. The first kappa shape index (κ1) is 26.2. The van der Waals surface area contributed by atoms with Gasteiger partial charge in [-0.3, -0.25) is 4.57 Å². The van der Waals surface area contributed by atoms with Crippen molar-refractivity contribution in [3.05, 3.63) is 130 Å². The smallest absolute Gasteiger partial charge is 0.350 e. The van der Waals surface area contributed by atoms with Crippen LogP contribution in [0.4, 0.5) is 5.82 Å². The Morgan fingerprint density at radius 3 is 1.82 bits per heavy atom. The molecule has 1 fully saturated rings. The van der Waals surface area contributed by atoms with Gasteiger partial charge in [0, 0.05) is 6.20 Å². The maximum atomic E-state index is 12.9. The van der Waals surface area contributed by atoms with Crippen molar-refractivity contribution in [3.8, 4) is 0 Å². The molecule has 8 heteroatoms. The van der Waals surface area contributed by atoms with E-state index in [4.69, 9.17) is 19.9 Å². The van der Waals surface area contributed by atoms with Crippen LogP contribution in [0.25, 0.3) is 0 Å². The van der Waals surface area contributed by atoms with Crippen molar-refractivity contribution in [1.82, 2.24) is 9.55 Å². The molecular formula is C30H31N3O4S. The van der Waals surface area contributed by atoms with Gasteiger partial charge in [-0.1, -0.05) is 91.0 Å². The molecule has 4 aromatic rings. The summed E-state index contributed by atoms with van der Waals surface area (Å²) in [7, 11) is 0. The summed E-state index contributed by atoms with van der Waals surface area (Å²) >= 11 is 1.61. The minimum absolute atomic E-state index is 0.0716. The molecule has 0 unspecified atom stereocenters. The van der Waals surface area contributed by atoms with E-state index in [2.05, 4.69) is 4.98 Å². The van der Waals surface area contributed by atoms with Gasteiger partial charge in [0.2, 0.25) is 0 Å². The summed E-state index contributed by atoms with van der Waals surface area (Å²) in [6.07, 6.45) is 0.939. The second-order valence-corrected chi connectivity index (χ2v) is 10.5. The van der Waals surface area contributed by atoms with Gasteiger partial charge in [0.15, 0.2) is 0 Å². The van der Waals surface area contributed by atoms with Crippen LogP contribution in [0.5, 0.6) is 0 Å². The Bertz CT molecular complexity index is 1340. The van der Waals surface area contributed by atoms with Crippen LogP contribution in [0.1, 0.15) is 22.1 Å². The molecule has 2 N–H and O–H groups in total. The molecule has 0 radical (unpaired) electrons. The number of ether oxygens (including phenoxy) is 3. The second kappa shape index (κ2) is 12.9. The van der Waals surface area contributed by atoms with Crippen LogP contribution < -0.4 is 11.4 Å². The van der Waals surface area contributed by atoms with E-state index < -0.39 is 11.8 Å². The zero-order valence-corrected chi connectivity index (χ0v) is 21.8. The van der Waals surface area contributed by atoms with E-state index in [1.54, 1.807) is 28.6 Å². The molecule has 0 bridgehead atoms. The van der Waals surface area contributed by atoms with E-state index >= 15 is 0 Å². The highest BCUT2D eigenvalue weighted by Crippen LogP contribution is 2.45. The van der Waals surface area contributed by atoms with Crippen molar-refractivity contribution in [2.24, 2.45) is 0 Å². The van der Waals surface area contributed by atoms with Gasteiger partial charge in [-0.15, -0.1) is 11.8 Å². The van der Waals surface area contributed by atoms with Gasteiger partial charge in [0.25, 0.3) is 0 Å². The van der Waals surface area contributed by atoms with Crippen LogP contribution in [0.2, 0.25) is 0 Å². The van der Waals surface area contributed by atoms with Crippen LogP contribution in [-0.2, 0) is 34.0 Å². The average molecular weight is 530 g/mol. The molecule has 7 nitrogen and oxygen atoms in total. The number of rotatable bonds is 11. The van der Waals surface area contributed by atoms with Gasteiger partial charge in [0.1, 0.15) is 23.4 Å². The van der Waals surface area contributed by atoms with E-state index in [1.165, 1.54) is 0 Å². The summed E-state index contributed by atoms with van der Waals surface area (Å²) in [4.78, 5) is 16.8. The summed E-state index contributed by atoms with van der Waals surface area (Å²) in [5.74, 6) is 0.190. The molecule has 1 saturated heterocycles. The number of aromatic nitrogens is 2. The van der Waals surface area contributed by atoms with E-state index in [9.17, 15) is 4.79 Å². The van der Waals surface area contributed by atoms with Crippen LogP contribution >= 0.6 is 11.8 Å². The third kappa shape index (κ3) is 6.71. The lowest BCUT2D eigenvalue weighted by molar-refractivity contribution is -0.0920. The predicted octanol–water partition coefficient (Wildman–Crippen LogP) is 4.83. The number of nitrogen functional groups attached to an aromatic ring is 1. The van der Waals surface area contributed by atoms with E-state index in [0.29, 0.717) is 26.4 Å². The molecule has 5 rings (SSSR count). The van der Waals surface area contributed by atoms with Gasteiger partial charge >= 0.3 is 5.69 Å². The first-order valence-electron chi connectivity index (χ1n) is 12.6. The Balaban J connectivity index is 1.40. The first-order valence-corrected chi connectivity index (χ1v) is 13.5. The van der Waals surface area contributed by atoms with Crippen molar-refractivity contribution in [1.29, 1.82) is 0 Å². The summed E-state index contributed by atoms with van der Waals surface area (Å²) < 4.78 is 20.8. The molecule has 0 amide bonds. The number of thioether (sulfide) groups is 1. The number of nitrogens with zero attached hydrogens (tertiary/aromatic N) is 2. The predicted molar refractivity (Wildman–Crippen MR) is 149 cm³/mol. The van der Waals surface area contributed by atoms with Gasteiger partial charge < -0.3 is 19.9 Å². The fourth-order valence-corrected chi connectivity index (χ4v) is 6.07. The standard InChI is InChI=1S/C30H31N3O4S/c31-26-16-17-33(30(34)32-26)29-28(37-20-24-14-8-3-9-15-24)27(36-19-23-12-6-2-7-13-23)25(38-29)21-35-18-22-10-4-1-5-11-22/h1-17,25,27-29H,18-21H2,(H2,31,32,34)/t25-,27-,28+,29+/m1/s1. The summed E-state index contributed by atoms with van der Waals surface area (Å²) in [5.41, 5.74) is 8.58. The number of hydrogen-bond acceptors (Lipinski definition) is 7. The Morgan fingerprint density at radius 2 is 1.26 bits per heavy atom. The highest BCUT2D eigenvalue weighted by atomic mass is 32.2. The SMILES string of the molecule is Nc1ccn([C@H]2S[C@H](COCc3ccccc3)[C@@H](OCc3ccccc3)[C@@H]2OCc2ccccc2)c(=O)n1. The van der Waals surface area contributed by atoms with Gasteiger partial charge in [-0.2, -0.15) is 4.98 Å². The highest BCUT2D eigenvalue weighted by Gasteiger charge is 2.47. The fraction of sp³-hybridized carbons (Fsp3) is 0.267. The highest BCUT2D eigenvalue weighted by molar-refractivity contribution is 8.00. The van der Waals surface area contributed by atoms with E-state index in [0.717, 1.165) is 16.7 Å². The molecule has 1 aromatic heterocycles. The van der Waals surface area contributed by atoms with Crippen LogP contribution in [0.15, 0.2) is 108 Å². The Morgan fingerprint density at radius 1 is 0.737 bits per heavy atom. The fourth-order valence-electron chi connectivity index (χ4n) is 4.47. The van der Waals surface area contributed by atoms with Crippen molar-refractivity contribution in [2.45, 2.75) is 42.7 Å². The lowest BCUT2D eigenvalue weighted by Gasteiger charge is -2.27. The second-order valence-electron chi connectivity index (χ2n) is 9.13. The largest absolute Gasteiger partial charge is 0.383 e. The minimum Gasteiger partial charge on any atom is -0.383 e. The molecular weight excluding hydrogens is 498 g/mol. The quantitative estimate of drug-likeness (QED) is 0.298. The molecule has 1 aliphatic rings. The van der Waals surface area contributed by atoms with Crippen molar-refractivity contribution in [3.63, 3.8) is 0 Å². The summed E-state index contributed by atoms with van der Waals surface area (Å²) in [5, 5.41) is -0.428. The third-order valence-corrected chi connectivity index (χ3v) is 7.90. The molecule has 1 aliphatic heterocycles. The topological polar surface area (TPSA) is 88.6 Å². The van der Waals surface area contributed by atoms with E-state index in [1.807, 2.05) is 91.0 Å². The maximum absolute atomic E-state index is 12.9. The number of nitrogens with two attached hydrogens (primary N) is 1. The lowest BCUT2D eigenvalue weighted by atomic mass is 10.1. The molecule has 0 saturated carbocycles. The Labute approximate surface area is 226 Å². The van der Waals surface area contributed by atoms with Crippen molar-refractivity contribution < 1.29 is 14.2 Å². The van der Waals surface area contributed by atoms with Crippen molar-refractivity contribution in [2.75, 3.05) is 12.3 Å². The van der Waals surface area contributed by atoms with Gasteiger partial charge in [0.05, 0.1) is 31.7 Å². The van der Waals surface area contributed by atoms with Crippen LogP contribution in [-0.4, -0.2) is 33.6 Å². The lowest BCUT2D eigenvalue weighted by Crippen LogP contribution is -2.40. The third-order valence-electron chi connectivity index (χ3n) is 6.38. The van der Waals surface area contributed by atoms with E-state index in [-0.39, 0.29) is 22.5 Å². The number of hydrogen-bond donors (Lipinski definition) is 1. The van der Waals surface area contributed by atoms with Crippen molar-refractivity contribution >= 4 is 17.6 Å². The molecule has 0 aliphatic carbocycles. The summed E-state index contributed by atoms with van der Waals surface area (Å²) in [6, 6.07) is 31.7. The molecule has 196 valence electrons. The number of anilines is 1. The molecule has 2 heterocycles. The minimum atomic E-state index is -0.419. The first-order chi connectivity index (χ1) is 18.7. The summed E-state index contributed by atoms with van der Waals surface area (Å²) in [6.45, 7) is 1.75. The Kier molecular flexibility index (Phi) is 8.88. The van der Waals surface area contributed by atoms with Crippen LogP contribution in [0.3, 0.4) is 0 Å². The maximum Gasteiger partial charge on any atom is 0.350 e. The van der Waals surface area contributed by atoms with Crippen LogP contribution in [0, 0.1) is 0 Å². The Hall–Kier alpha value is -3.43. The van der Waals surface area contributed by atoms with Gasteiger partial charge in [-0.25, -0.2) is 4.79 Å². The zero-order valence-electron chi connectivity index (χ0n) is 21.0.